The molecule has 5 nitrogen and oxygen atoms in total. The number of nitrogens with one attached hydrogen (secondary N) is 1. The predicted octanol–water partition coefficient (Wildman–Crippen LogP) is 1.74. The Morgan fingerprint density at radius 3 is 2.76 bits per heavy atom. The van der Waals surface area contributed by atoms with E-state index in [9.17, 15) is 9.59 Å². The lowest BCUT2D eigenvalue weighted by Gasteiger charge is -2.08. The molecule has 0 aliphatic carbocycles. The number of anilines is 1. The molecule has 92 valence electrons. The molecule has 1 aromatic carbocycles. The third-order valence-electron chi connectivity index (χ3n) is 2.27. The van der Waals surface area contributed by atoms with Crippen LogP contribution in [0.4, 0.5) is 5.69 Å². The number of methoxy groups -OCH3 is 1. The van der Waals surface area contributed by atoms with Crippen molar-refractivity contribution in [3.8, 4) is 5.75 Å². The molecule has 17 heavy (non-hydrogen) atoms. The van der Waals surface area contributed by atoms with Crippen LogP contribution in [0.25, 0.3) is 0 Å². The number of carbonyl (C=O) groups excluding carboxylic acids is 1. The van der Waals surface area contributed by atoms with E-state index in [1.807, 2.05) is 0 Å². The van der Waals surface area contributed by atoms with Crippen LogP contribution in [0.15, 0.2) is 24.3 Å². The first-order valence-corrected chi connectivity index (χ1v) is 5.19. The second-order valence-corrected chi connectivity index (χ2v) is 3.72. The van der Waals surface area contributed by atoms with Crippen molar-refractivity contribution < 1.29 is 19.4 Å². The highest BCUT2D eigenvalue weighted by Crippen LogP contribution is 2.17. The van der Waals surface area contributed by atoms with Gasteiger partial charge in [0.1, 0.15) is 5.75 Å². The average Bonchev–Trinajstić information content (AvgIpc) is 2.28. The van der Waals surface area contributed by atoms with Crippen LogP contribution in [-0.2, 0) is 9.59 Å². The first kappa shape index (κ1) is 13.0. The fraction of sp³-hybridized carbons (Fsp3) is 0.333. The molecule has 0 fully saturated rings. The van der Waals surface area contributed by atoms with E-state index in [-0.39, 0.29) is 12.3 Å². The van der Waals surface area contributed by atoms with E-state index in [1.165, 1.54) is 14.0 Å². The van der Waals surface area contributed by atoms with Crippen molar-refractivity contribution in [2.24, 2.45) is 5.92 Å². The van der Waals surface area contributed by atoms with Gasteiger partial charge < -0.3 is 15.2 Å². The molecule has 0 aliphatic rings. The standard InChI is InChI=1S/C12H15NO4/c1-8(12(15)16)6-11(14)13-9-4-3-5-10(7-9)17-2/h3-5,7-8H,6H2,1-2H3,(H,13,14)(H,15,16). The minimum Gasteiger partial charge on any atom is -0.497 e. The molecule has 0 aromatic heterocycles. The number of aliphatic carboxylic acids is 1. The molecule has 0 saturated heterocycles. The van der Waals surface area contributed by atoms with Gasteiger partial charge in [0.25, 0.3) is 0 Å². The van der Waals surface area contributed by atoms with Crippen molar-refractivity contribution >= 4 is 17.6 Å². The predicted molar refractivity (Wildman–Crippen MR) is 63.0 cm³/mol. The van der Waals surface area contributed by atoms with Crippen molar-refractivity contribution in [1.82, 2.24) is 0 Å². The molecule has 0 heterocycles. The molecule has 1 unspecified atom stereocenters. The average molecular weight is 237 g/mol. The van der Waals surface area contributed by atoms with E-state index in [1.54, 1.807) is 24.3 Å². The van der Waals surface area contributed by atoms with Crippen molar-refractivity contribution in [3.63, 3.8) is 0 Å². The lowest BCUT2D eigenvalue weighted by molar-refractivity contribution is -0.142. The zero-order valence-electron chi connectivity index (χ0n) is 9.77. The largest absolute Gasteiger partial charge is 0.497 e. The summed E-state index contributed by atoms with van der Waals surface area (Å²) in [5.41, 5.74) is 0.590. The fourth-order valence-electron chi connectivity index (χ4n) is 1.28. The van der Waals surface area contributed by atoms with Gasteiger partial charge in [0.2, 0.25) is 5.91 Å². The zero-order chi connectivity index (χ0) is 12.8. The summed E-state index contributed by atoms with van der Waals surface area (Å²) >= 11 is 0. The topological polar surface area (TPSA) is 75.6 Å². The molecule has 0 saturated carbocycles. The summed E-state index contributed by atoms with van der Waals surface area (Å²) in [6.45, 7) is 1.49. The third kappa shape index (κ3) is 4.14. The van der Waals surface area contributed by atoms with E-state index >= 15 is 0 Å². The van der Waals surface area contributed by atoms with Crippen LogP contribution in [0.3, 0.4) is 0 Å². The van der Waals surface area contributed by atoms with Crippen LogP contribution in [0, 0.1) is 5.92 Å². The molecule has 5 heteroatoms. The van der Waals surface area contributed by atoms with E-state index < -0.39 is 11.9 Å². The van der Waals surface area contributed by atoms with Gasteiger partial charge in [0.05, 0.1) is 13.0 Å². The lowest BCUT2D eigenvalue weighted by atomic mass is 10.1. The van der Waals surface area contributed by atoms with E-state index in [4.69, 9.17) is 9.84 Å². The number of rotatable bonds is 5. The van der Waals surface area contributed by atoms with Crippen LogP contribution >= 0.6 is 0 Å². The van der Waals surface area contributed by atoms with Crippen LogP contribution in [0.1, 0.15) is 13.3 Å². The van der Waals surface area contributed by atoms with Gasteiger partial charge in [-0.1, -0.05) is 13.0 Å². The molecule has 0 spiro atoms. The Morgan fingerprint density at radius 1 is 1.47 bits per heavy atom. The van der Waals surface area contributed by atoms with Crippen LogP contribution in [0.5, 0.6) is 5.75 Å². The molecule has 1 rings (SSSR count). The molecule has 0 aliphatic heterocycles. The Kier molecular flexibility index (Phi) is 4.51. The second-order valence-electron chi connectivity index (χ2n) is 3.72. The highest BCUT2D eigenvalue weighted by Gasteiger charge is 2.15. The molecule has 2 N–H and O–H groups in total. The highest BCUT2D eigenvalue weighted by molar-refractivity contribution is 5.93. The number of hydrogen-bond acceptors (Lipinski definition) is 3. The summed E-state index contributed by atoms with van der Waals surface area (Å²) in [5, 5.41) is 11.3. The van der Waals surface area contributed by atoms with Crippen molar-refractivity contribution in [3.05, 3.63) is 24.3 Å². The maximum atomic E-state index is 11.5. The molecule has 1 amide bonds. The zero-order valence-corrected chi connectivity index (χ0v) is 9.77. The SMILES string of the molecule is COc1cccc(NC(=O)CC(C)C(=O)O)c1. The maximum Gasteiger partial charge on any atom is 0.306 e. The molecule has 0 radical (unpaired) electrons. The number of ether oxygens (including phenoxy) is 1. The van der Waals surface area contributed by atoms with Gasteiger partial charge in [-0.15, -0.1) is 0 Å². The molecular formula is C12H15NO4. The second kappa shape index (κ2) is 5.89. The number of carbonyl (C=O) groups is 2. The summed E-state index contributed by atoms with van der Waals surface area (Å²) in [4.78, 5) is 22.1. The Bertz CT molecular complexity index is 417. The minimum atomic E-state index is -0.981. The summed E-state index contributed by atoms with van der Waals surface area (Å²) in [6, 6.07) is 6.89. The number of amides is 1. The van der Waals surface area contributed by atoms with E-state index in [2.05, 4.69) is 5.32 Å². The Balaban J connectivity index is 2.58. The van der Waals surface area contributed by atoms with E-state index in [0.717, 1.165) is 0 Å². The van der Waals surface area contributed by atoms with Crippen molar-refractivity contribution in [2.45, 2.75) is 13.3 Å². The van der Waals surface area contributed by atoms with Crippen molar-refractivity contribution in [1.29, 1.82) is 0 Å². The smallest absolute Gasteiger partial charge is 0.306 e. The summed E-state index contributed by atoms with van der Waals surface area (Å²) in [7, 11) is 1.54. The number of carboxylic acid groups (broad SMARTS) is 1. The highest BCUT2D eigenvalue weighted by atomic mass is 16.5. The number of hydrogen-bond donors (Lipinski definition) is 2. The Hall–Kier alpha value is -2.04. The Labute approximate surface area is 99.4 Å². The molecule has 1 atom stereocenters. The van der Waals surface area contributed by atoms with Gasteiger partial charge in [-0.2, -0.15) is 0 Å². The van der Waals surface area contributed by atoms with Crippen molar-refractivity contribution in [2.75, 3.05) is 12.4 Å². The summed E-state index contributed by atoms with van der Waals surface area (Å²) in [6.07, 6.45) is -0.0491. The summed E-state index contributed by atoms with van der Waals surface area (Å²) < 4.78 is 5.01. The van der Waals surface area contributed by atoms with Gasteiger partial charge in [0.15, 0.2) is 0 Å². The molecule has 1 aromatic rings. The van der Waals surface area contributed by atoms with Gasteiger partial charge >= 0.3 is 5.97 Å². The minimum absolute atomic E-state index is 0.0491. The van der Waals surface area contributed by atoms with Crippen LogP contribution in [-0.4, -0.2) is 24.1 Å². The van der Waals surface area contributed by atoms with E-state index in [0.29, 0.717) is 11.4 Å². The fourth-order valence-corrected chi connectivity index (χ4v) is 1.28. The maximum absolute atomic E-state index is 11.5. The first-order valence-electron chi connectivity index (χ1n) is 5.19. The lowest BCUT2D eigenvalue weighted by Crippen LogP contribution is -2.19. The van der Waals surface area contributed by atoms with Crippen LogP contribution in [0.2, 0.25) is 0 Å². The van der Waals surface area contributed by atoms with Gasteiger partial charge in [0, 0.05) is 18.2 Å². The quantitative estimate of drug-likeness (QED) is 0.818. The normalized spacial score (nSPS) is 11.6. The number of benzene rings is 1. The monoisotopic (exact) mass is 237 g/mol. The van der Waals surface area contributed by atoms with Crippen LogP contribution < -0.4 is 10.1 Å². The van der Waals surface area contributed by atoms with Gasteiger partial charge in [-0.25, -0.2) is 0 Å². The molecular weight excluding hydrogens is 222 g/mol. The Morgan fingerprint density at radius 2 is 2.18 bits per heavy atom. The molecule has 0 bridgehead atoms. The number of carboxylic acids is 1. The summed E-state index contributed by atoms with van der Waals surface area (Å²) in [5.74, 6) is -1.37. The first-order chi connectivity index (χ1) is 8.02. The van der Waals surface area contributed by atoms with Gasteiger partial charge in [-0.3, -0.25) is 9.59 Å². The third-order valence-corrected chi connectivity index (χ3v) is 2.27. The van der Waals surface area contributed by atoms with Gasteiger partial charge in [-0.05, 0) is 12.1 Å².